The molecule has 1 atom stereocenters. The summed E-state index contributed by atoms with van der Waals surface area (Å²) in [5, 5.41) is 5.94. The highest BCUT2D eigenvalue weighted by Gasteiger charge is 2.23. The normalized spacial score (nSPS) is 15.7. The minimum atomic E-state index is -3.65. The van der Waals surface area contributed by atoms with Crippen LogP contribution in [0.1, 0.15) is 31.7 Å². The summed E-state index contributed by atoms with van der Waals surface area (Å²) in [6.45, 7) is 4.90. The van der Waals surface area contributed by atoms with Gasteiger partial charge in [-0.15, -0.1) is 0 Å². The Morgan fingerprint density at radius 3 is 2.62 bits per heavy atom. The summed E-state index contributed by atoms with van der Waals surface area (Å²) in [6.07, 6.45) is 7.24. The zero-order valence-electron chi connectivity index (χ0n) is 21.6. The molecule has 3 N–H and O–H groups in total. The minimum Gasteiger partial charge on any atom is -0.377 e. The number of ether oxygens (including phenoxy) is 1. The first-order valence-electron chi connectivity index (χ1n) is 12.7. The van der Waals surface area contributed by atoms with E-state index in [4.69, 9.17) is 4.74 Å². The molecule has 4 aromatic rings. The molecular formula is C26H29N7O4S2. The number of sulfonamides is 1. The number of nitrogens with zero attached hydrogens (tertiary/aromatic N) is 4. The van der Waals surface area contributed by atoms with Crippen molar-refractivity contribution in [3.05, 3.63) is 48.4 Å². The molecule has 1 aliphatic rings. The summed E-state index contributed by atoms with van der Waals surface area (Å²) < 4.78 is 34.1. The Bertz CT molecular complexity index is 1570. The van der Waals surface area contributed by atoms with Gasteiger partial charge in [0.15, 0.2) is 5.13 Å². The van der Waals surface area contributed by atoms with E-state index in [9.17, 15) is 13.2 Å². The van der Waals surface area contributed by atoms with Crippen LogP contribution in [-0.2, 0) is 14.8 Å². The Balaban J connectivity index is 1.44. The number of aryl methyl sites for hydroxylation is 1. The van der Waals surface area contributed by atoms with Crippen molar-refractivity contribution < 1.29 is 17.9 Å². The Kier molecular flexibility index (Phi) is 8.00. The van der Waals surface area contributed by atoms with Crippen LogP contribution in [-0.4, -0.2) is 59.4 Å². The van der Waals surface area contributed by atoms with Crippen molar-refractivity contribution in [2.24, 2.45) is 0 Å². The molecule has 5 rings (SSSR count). The highest BCUT2D eigenvalue weighted by molar-refractivity contribution is 7.92. The van der Waals surface area contributed by atoms with Crippen molar-refractivity contribution in [1.82, 2.24) is 25.3 Å². The highest BCUT2D eigenvalue weighted by atomic mass is 32.2. The molecule has 4 heterocycles. The number of benzene rings is 1. The molecule has 11 nitrogen and oxygen atoms in total. The van der Waals surface area contributed by atoms with E-state index in [2.05, 4.69) is 35.3 Å². The van der Waals surface area contributed by atoms with E-state index in [0.29, 0.717) is 29.4 Å². The van der Waals surface area contributed by atoms with Crippen LogP contribution < -0.4 is 15.4 Å². The van der Waals surface area contributed by atoms with E-state index in [1.54, 1.807) is 18.6 Å². The quantitative estimate of drug-likeness (QED) is 0.280. The number of amides is 2. The molecule has 1 fully saturated rings. The number of thiazole rings is 1. The predicted molar refractivity (Wildman–Crippen MR) is 152 cm³/mol. The molecule has 1 aromatic carbocycles. The summed E-state index contributed by atoms with van der Waals surface area (Å²) in [4.78, 5) is 29.8. The first kappa shape index (κ1) is 26.9. The van der Waals surface area contributed by atoms with Crippen LogP contribution >= 0.6 is 11.3 Å². The number of carbonyl (C=O) groups is 1. The summed E-state index contributed by atoms with van der Waals surface area (Å²) in [7, 11) is -3.65. The van der Waals surface area contributed by atoms with Gasteiger partial charge in [-0.2, -0.15) is 0 Å². The summed E-state index contributed by atoms with van der Waals surface area (Å²) >= 11 is 1.36. The van der Waals surface area contributed by atoms with E-state index >= 15 is 0 Å². The summed E-state index contributed by atoms with van der Waals surface area (Å²) in [6, 6.07) is 7.45. The zero-order valence-corrected chi connectivity index (χ0v) is 23.2. The number of urea groups is 1. The number of nitrogens with one attached hydrogen (secondary N) is 3. The van der Waals surface area contributed by atoms with Crippen molar-refractivity contribution in [2.45, 2.75) is 39.2 Å². The van der Waals surface area contributed by atoms with Gasteiger partial charge in [-0.05, 0) is 62.4 Å². The molecule has 0 unspecified atom stereocenters. The number of hydrogen-bond acceptors (Lipinski definition) is 9. The summed E-state index contributed by atoms with van der Waals surface area (Å²) in [5.74, 6) is -0.129. The average molecular weight is 568 g/mol. The number of pyridine rings is 1. The standard InChI is InChI=1S/C26H29N7O4S2/c1-3-27-25(34)32-26-31-22-11-17(10-20(23(22)38-26)21-8-7-16(2)12-28-21)18-13-29-24(30-14-18)33-39(35,36)15-19-6-4-5-9-37-19/h7-8,10-14,19H,3-6,9,15H2,1-2H3,(H,29,30,33)(H2,27,31,32,34)/t19-/m1/s1. The van der Waals surface area contributed by atoms with E-state index in [1.165, 1.54) is 11.3 Å². The van der Waals surface area contributed by atoms with Crippen molar-refractivity contribution in [3.8, 4) is 22.4 Å². The molecule has 0 saturated carbocycles. The van der Waals surface area contributed by atoms with Crippen LogP contribution in [0.5, 0.6) is 0 Å². The molecule has 1 aliphatic heterocycles. The second-order valence-corrected chi connectivity index (χ2v) is 12.0. The van der Waals surface area contributed by atoms with Crippen LogP contribution in [0.15, 0.2) is 42.9 Å². The van der Waals surface area contributed by atoms with Gasteiger partial charge < -0.3 is 10.1 Å². The zero-order chi connectivity index (χ0) is 27.4. The molecule has 204 valence electrons. The third kappa shape index (κ3) is 6.67. The third-order valence-electron chi connectivity index (χ3n) is 6.15. The Morgan fingerprint density at radius 2 is 1.92 bits per heavy atom. The van der Waals surface area contributed by atoms with Crippen molar-refractivity contribution in [1.29, 1.82) is 0 Å². The fraction of sp³-hybridized carbons (Fsp3) is 0.346. The molecule has 0 bridgehead atoms. The van der Waals surface area contributed by atoms with Crippen molar-refractivity contribution in [3.63, 3.8) is 0 Å². The molecule has 3 aromatic heterocycles. The maximum absolute atomic E-state index is 12.6. The largest absolute Gasteiger partial charge is 0.377 e. The van der Waals surface area contributed by atoms with Gasteiger partial charge in [-0.3, -0.25) is 15.0 Å². The second kappa shape index (κ2) is 11.6. The lowest BCUT2D eigenvalue weighted by Gasteiger charge is -2.22. The van der Waals surface area contributed by atoms with E-state index in [1.807, 2.05) is 38.1 Å². The Labute approximate surface area is 230 Å². The first-order valence-corrected chi connectivity index (χ1v) is 15.1. The second-order valence-electron chi connectivity index (χ2n) is 9.26. The topological polar surface area (TPSA) is 148 Å². The molecule has 0 aliphatic carbocycles. The van der Waals surface area contributed by atoms with E-state index in [0.717, 1.165) is 46.3 Å². The predicted octanol–water partition coefficient (Wildman–Crippen LogP) is 4.58. The van der Waals surface area contributed by atoms with Gasteiger partial charge in [-0.25, -0.2) is 28.2 Å². The van der Waals surface area contributed by atoms with E-state index < -0.39 is 10.0 Å². The number of anilines is 2. The van der Waals surface area contributed by atoms with Crippen LogP contribution in [0.25, 0.3) is 32.6 Å². The molecular weight excluding hydrogens is 538 g/mol. The van der Waals surface area contributed by atoms with Gasteiger partial charge in [0.05, 0.1) is 27.8 Å². The van der Waals surface area contributed by atoms with Gasteiger partial charge in [0, 0.05) is 42.9 Å². The van der Waals surface area contributed by atoms with Crippen molar-refractivity contribution in [2.75, 3.05) is 28.9 Å². The van der Waals surface area contributed by atoms with Crippen LogP contribution in [0.2, 0.25) is 0 Å². The smallest absolute Gasteiger partial charge is 0.321 e. The highest BCUT2D eigenvalue weighted by Crippen LogP contribution is 2.38. The Morgan fingerprint density at radius 1 is 1.10 bits per heavy atom. The van der Waals surface area contributed by atoms with Gasteiger partial charge in [-0.1, -0.05) is 17.4 Å². The molecule has 2 amide bonds. The van der Waals surface area contributed by atoms with Gasteiger partial charge >= 0.3 is 6.03 Å². The molecule has 0 radical (unpaired) electrons. The molecule has 13 heteroatoms. The number of rotatable bonds is 8. The summed E-state index contributed by atoms with van der Waals surface area (Å²) in [5.41, 5.74) is 4.78. The van der Waals surface area contributed by atoms with E-state index in [-0.39, 0.29) is 23.8 Å². The van der Waals surface area contributed by atoms with Crippen LogP contribution in [0.4, 0.5) is 15.9 Å². The van der Waals surface area contributed by atoms with Gasteiger partial charge in [0.2, 0.25) is 16.0 Å². The van der Waals surface area contributed by atoms with Crippen molar-refractivity contribution >= 4 is 48.7 Å². The lowest BCUT2D eigenvalue weighted by Crippen LogP contribution is -2.31. The number of aromatic nitrogens is 4. The molecule has 39 heavy (non-hydrogen) atoms. The molecule has 1 saturated heterocycles. The lowest BCUT2D eigenvalue weighted by atomic mass is 10.0. The maximum Gasteiger partial charge on any atom is 0.321 e. The number of hydrogen-bond donors (Lipinski definition) is 3. The Hall–Kier alpha value is -3.68. The first-order chi connectivity index (χ1) is 18.8. The minimum absolute atomic E-state index is 0.00172. The fourth-order valence-electron chi connectivity index (χ4n) is 4.27. The fourth-order valence-corrected chi connectivity index (χ4v) is 6.45. The maximum atomic E-state index is 12.6. The molecule has 0 spiro atoms. The van der Waals surface area contributed by atoms with Gasteiger partial charge in [0.1, 0.15) is 0 Å². The van der Waals surface area contributed by atoms with Crippen LogP contribution in [0.3, 0.4) is 0 Å². The average Bonchev–Trinajstić information content (AvgIpc) is 3.31. The lowest BCUT2D eigenvalue weighted by molar-refractivity contribution is 0.0306. The van der Waals surface area contributed by atoms with Gasteiger partial charge in [0.25, 0.3) is 0 Å². The third-order valence-corrected chi connectivity index (χ3v) is 8.47. The number of carbonyl (C=O) groups excluding carboxylic acids is 1. The SMILES string of the molecule is CCNC(=O)Nc1nc2cc(-c3cnc(NS(=O)(=O)C[C@H]4CCCCO4)nc3)cc(-c3ccc(C)cn3)c2s1. The number of fused-ring (bicyclic) bond motifs is 1. The van der Waals surface area contributed by atoms with Crippen LogP contribution in [0, 0.1) is 6.92 Å². The monoisotopic (exact) mass is 567 g/mol.